The van der Waals surface area contributed by atoms with Gasteiger partial charge in [-0.15, -0.1) is 0 Å². The van der Waals surface area contributed by atoms with Crippen LogP contribution in [-0.4, -0.2) is 24.9 Å². The number of halogens is 1. The maximum atomic E-state index is 6.39. The van der Waals surface area contributed by atoms with Crippen LogP contribution in [0.3, 0.4) is 0 Å². The summed E-state index contributed by atoms with van der Waals surface area (Å²) < 4.78 is 11.8. The molecule has 0 spiro atoms. The van der Waals surface area contributed by atoms with E-state index < -0.39 is 0 Å². The number of hydrogen-bond acceptors (Lipinski definition) is 3. The summed E-state index contributed by atoms with van der Waals surface area (Å²) in [6.07, 6.45) is 2.57. The zero-order valence-corrected chi connectivity index (χ0v) is 14.1. The lowest BCUT2D eigenvalue weighted by Crippen LogP contribution is -2.35. The van der Waals surface area contributed by atoms with E-state index in [-0.39, 0.29) is 24.4 Å². The summed E-state index contributed by atoms with van der Waals surface area (Å²) >= 11 is 6.39. The Hall–Kier alpha value is -0.770. The van der Waals surface area contributed by atoms with Crippen LogP contribution in [0.1, 0.15) is 52.1 Å². The molecule has 0 aromatic heterocycles. The summed E-state index contributed by atoms with van der Waals surface area (Å²) in [4.78, 5) is 0. The molecule has 3 atom stereocenters. The molecule has 118 valence electrons. The molecule has 1 aliphatic rings. The average molecular weight is 312 g/mol. The van der Waals surface area contributed by atoms with Crippen molar-refractivity contribution >= 4 is 11.6 Å². The number of ether oxygens (including phenoxy) is 2. The summed E-state index contributed by atoms with van der Waals surface area (Å²) in [7, 11) is 0. The molecule has 0 radical (unpaired) electrons. The van der Waals surface area contributed by atoms with Crippen LogP contribution in [0.4, 0.5) is 0 Å². The van der Waals surface area contributed by atoms with Crippen LogP contribution in [0, 0.1) is 0 Å². The summed E-state index contributed by atoms with van der Waals surface area (Å²) in [6, 6.07) is 6.24. The normalized spacial score (nSPS) is 27.4. The molecule has 1 aromatic rings. The van der Waals surface area contributed by atoms with Crippen molar-refractivity contribution in [3.8, 4) is 5.75 Å². The Morgan fingerprint density at radius 2 is 2.00 bits per heavy atom. The van der Waals surface area contributed by atoms with Crippen molar-refractivity contribution in [2.75, 3.05) is 6.54 Å². The van der Waals surface area contributed by atoms with Crippen LogP contribution in [-0.2, 0) is 4.74 Å². The summed E-state index contributed by atoms with van der Waals surface area (Å²) in [5.41, 5.74) is 1.11. The molecule has 1 aromatic carbocycles. The van der Waals surface area contributed by atoms with E-state index in [0.717, 1.165) is 35.7 Å². The molecule has 21 heavy (non-hydrogen) atoms. The van der Waals surface area contributed by atoms with Gasteiger partial charge in [0.15, 0.2) is 0 Å². The fourth-order valence-corrected chi connectivity index (χ4v) is 3.32. The van der Waals surface area contributed by atoms with Crippen molar-refractivity contribution in [3.63, 3.8) is 0 Å². The van der Waals surface area contributed by atoms with Crippen LogP contribution in [0.25, 0.3) is 0 Å². The molecular formula is C17H26ClNO2. The molecule has 0 bridgehead atoms. The van der Waals surface area contributed by atoms with Crippen molar-refractivity contribution in [3.05, 3.63) is 28.8 Å². The first-order valence-corrected chi connectivity index (χ1v) is 8.22. The molecule has 3 nitrogen and oxygen atoms in total. The van der Waals surface area contributed by atoms with Gasteiger partial charge in [0, 0.05) is 23.9 Å². The van der Waals surface area contributed by atoms with E-state index in [1.54, 1.807) is 0 Å². The van der Waals surface area contributed by atoms with Crippen LogP contribution in [0.15, 0.2) is 18.2 Å². The molecule has 3 unspecified atom stereocenters. The second-order valence-corrected chi connectivity index (χ2v) is 6.34. The SMILES string of the molecule is CCNC(C)c1ccc(OC2CC(C)OC(C)C2)cc1Cl. The summed E-state index contributed by atoms with van der Waals surface area (Å²) in [5, 5.41) is 4.13. The standard InChI is InChI=1S/C17H26ClNO2/c1-5-19-13(4)16-7-6-14(10-17(16)18)21-15-8-11(2)20-12(3)9-15/h6-7,10-13,15,19H,5,8-9H2,1-4H3. The maximum absolute atomic E-state index is 6.39. The molecule has 1 N–H and O–H groups in total. The van der Waals surface area contributed by atoms with Gasteiger partial charge in [-0.25, -0.2) is 0 Å². The monoisotopic (exact) mass is 311 g/mol. The molecule has 2 rings (SSSR count). The molecule has 1 aliphatic heterocycles. The zero-order valence-electron chi connectivity index (χ0n) is 13.4. The quantitative estimate of drug-likeness (QED) is 0.877. The van der Waals surface area contributed by atoms with Gasteiger partial charge in [-0.2, -0.15) is 0 Å². The van der Waals surface area contributed by atoms with Gasteiger partial charge in [-0.05, 0) is 45.0 Å². The fourth-order valence-electron chi connectivity index (χ4n) is 2.98. The molecule has 1 saturated heterocycles. The second kappa shape index (κ2) is 7.48. The van der Waals surface area contributed by atoms with Crippen molar-refractivity contribution < 1.29 is 9.47 Å². The van der Waals surface area contributed by atoms with E-state index in [1.807, 2.05) is 12.1 Å². The first-order valence-electron chi connectivity index (χ1n) is 7.84. The minimum absolute atomic E-state index is 0.205. The third-order valence-electron chi connectivity index (χ3n) is 3.91. The van der Waals surface area contributed by atoms with E-state index in [1.165, 1.54) is 0 Å². The Balaban J connectivity index is 2.03. The van der Waals surface area contributed by atoms with Gasteiger partial charge in [-0.3, -0.25) is 0 Å². The van der Waals surface area contributed by atoms with Crippen LogP contribution in [0.5, 0.6) is 5.75 Å². The highest BCUT2D eigenvalue weighted by atomic mass is 35.5. The van der Waals surface area contributed by atoms with Gasteiger partial charge in [0.2, 0.25) is 0 Å². The van der Waals surface area contributed by atoms with Crippen LogP contribution < -0.4 is 10.1 Å². The van der Waals surface area contributed by atoms with E-state index >= 15 is 0 Å². The summed E-state index contributed by atoms with van der Waals surface area (Å²) in [6.45, 7) is 9.33. The van der Waals surface area contributed by atoms with E-state index in [9.17, 15) is 0 Å². The Morgan fingerprint density at radius 3 is 2.57 bits per heavy atom. The smallest absolute Gasteiger partial charge is 0.121 e. The number of hydrogen-bond donors (Lipinski definition) is 1. The predicted octanol–water partition coefficient (Wildman–Crippen LogP) is 4.35. The van der Waals surface area contributed by atoms with Gasteiger partial charge >= 0.3 is 0 Å². The van der Waals surface area contributed by atoms with Gasteiger partial charge in [0.1, 0.15) is 11.9 Å². The maximum Gasteiger partial charge on any atom is 0.121 e. The first kappa shape index (κ1) is 16.6. The van der Waals surface area contributed by atoms with E-state index in [2.05, 4.69) is 39.1 Å². The van der Waals surface area contributed by atoms with Crippen molar-refractivity contribution in [1.29, 1.82) is 0 Å². The summed E-state index contributed by atoms with van der Waals surface area (Å²) in [5.74, 6) is 0.846. The van der Waals surface area contributed by atoms with Gasteiger partial charge in [0.05, 0.1) is 12.2 Å². The second-order valence-electron chi connectivity index (χ2n) is 5.93. The number of benzene rings is 1. The van der Waals surface area contributed by atoms with Crippen LogP contribution >= 0.6 is 11.6 Å². The van der Waals surface area contributed by atoms with Gasteiger partial charge in [0.25, 0.3) is 0 Å². The van der Waals surface area contributed by atoms with E-state index in [4.69, 9.17) is 21.1 Å². The van der Waals surface area contributed by atoms with Gasteiger partial charge < -0.3 is 14.8 Å². The Bertz CT molecular complexity index is 456. The average Bonchev–Trinajstić information content (AvgIpc) is 2.37. The third-order valence-corrected chi connectivity index (χ3v) is 4.23. The molecule has 0 aliphatic carbocycles. The highest BCUT2D eigenvalue weighted by molar-refractivity contribution is 6.31. The molecule has 0 amide bonds. The third kappa shape index (κ3) is 4.60. The van der Waals surface area contributed by atoms with Crippen molar-refractivity contribution in [2.24, 2.45) is 0 Å². The predicted molar refractivity (Wildman–Crippen MR) is 87.2 cm³/mol. The lowest BCUT2D eigenvalue weighted by Gasteiger charge is -2.32. The van der Waals surface area contributed by atoms with Crippen molar-refractivity contribution in [1.82, 2.24) is 5.32 Å². The fraction of sp³-hybridized carbons (Fsp3) is 0.647. The van der Waals surface area contributed by atoms with Gasteiger partial charge in [-0.1, -0.05) is 24.6 Å². The minimum atomic E-state index is 0.205. The number of rotatable bonds is 5. The molecular weight excluding hydrogens is 286 g/mol. The topological polar surface area (TPSA) is 30.5 Å². The molecule has 1 fully saturated rings. The highest BCUT2D eigenvalue weighted by Crippen LogP contribution is 2.30. The minimum Gasteiger partial charge on any atom is -0.490 e. The molecule has 1 heterocycles. The zero-order chi connectivity index (χ0) is 15.4. The largest absolute Gasteiger partial charge is 0.490 e. The van der Waals surface area contributed by atoms with E-state index in [0.29, 0.717) is 0 Å². The highest BCUT2D eigenvalue weighted by Gasteiger charge is 2.26. The Kier molecular flexibility index (Phi) is 5.91. The molecule has 0 saturated carbocycles. The lowest BCUT2D eigenvalue weighted by atomic mass is 10.0. The molecule has 4 heteroatoms. The van der Waals surface area contributed by atoms with Crippen LogP contribution in [0.2, 0.25) is 5.02 Å². The van der Waals surface area contributed by atoms with Crippen molar-refractivity contribution in [2.45, 2.75) is 64.9 Å². The number of nitrogens with one attached hydrogen (secondary N) is 1. The first-order chi connectivity index (χ1) is 9.99. The Labute approximate surface area is 133 Å². The lowest BCUT2D eigenvalue weighted by molar-refractivity contribution is -0.0721. The Morgan fingerprint density at radius 1 is 1.33 bits per heavy atom.